The molecule has 6 nitrogen and oxygen atoms in total. The predicted molar refractivity (Wildman–Crippen MR) is 73.1 cm³/mol. The fourth-order valence-corrected chi connectivity index (χ4v) is 3.83. The topological polar surface area (TPSA) is 87.1 Å². The number of hydrogen-bond acceptors (Lipinski definition) is 5. The number of hydrogen-bond donors (Lipinski definition) is 2. The minimum Gasteiger partial charge on any atom is -0.496 e. The third-order valence-corrected chi connectivity index (χ3v) is 5.37. The Morgan fingerprint density at radius 2 is 2.00 bits per heavy atom. The molecule has 1 saturated heterocycles. The largest absolute Gasteiger partial charge is 0.496 e. The quantitative estimate of drug-likeness (QED) is 0.828. The first-order valence-electron chi connectivity index (χ1n) is 6.37. The van der Waals surface area contributed by atoms with Gasteiger partial charge < -0.3 is 14.9 Å². The summed E-state index contributed by atoms with van der Waals surface area (Å²) in [5.41, 5.74) is 0.728. The highest BCUT2D eigenvalue weighted by Gasteiger charge is 2.33. The van der Waals surface area contributed by atoms with E-state index in [4.69, 9.17) is 4.74 Å². The van der Waals surface area contributed by atoms with Gasteiger partial charge in [-0.25, -0.2) is 8.42 Å². The van der Waals surface area contributed by atoms with Crippen molar-refractivity contribution < 1.29 is 23.4 Å². The van der Waals surface area contributed by atoms with E-state index in [1.165, 1.54) is 17.5 Å². The van der Waals surface area contributed by atoms with Gasteiger partial charge in [-0.15, -0.1) is 0 Å². The first-order valence-corrected chi connectivity index (χ1v) is 7.81. The van der Waals surface area contributed by atoms with Crippen molar-refractivity contribution >= 4 is 10.0 Å². The number of rotatable bonds is 3. The third-order valence-electron chi connectivity index (χ3n) is 3.51. The number of ether oxygens (including phenoxy) is 1. The SMILES string of the molecule is COc1ccc(S(=O)(=O)N2CC[C@H](O)[C@@H](O)C2)cc1C. The number of nitrogens with zero attached hydrogens (tertiary/aromatic N) is 1. The summed E-state index contributed by atoms with van der Waals surface area (Å²) in [7, 11) is -2.13. The molecule has 1 aromatic carbocycles. The van der Waals surface area contributed by atoms with Gasteiger partial charge in [0.2, 0.25) is 10.0 Å². The summed E-state index contributed by atoms with van der Waals surface area (Å²) >= 11 is 0. The van der Waals surface area contributed by atoms with E-state index in [0.29, 0.717) is 5.75 Å². The molecular weight excluding hydrogens is 282 g/mol. The van der Waals surface area contributed by atoms with Gasteiger partial charge in [-0.2, -0.15) is 4.31 Å². The Morgan fingerprint density at radius 3 is 2.55 bits per heavy atom. The van der Waals surface area contributed by atoms with Crippen LogP contribution in [0.5, 0.6) is 5.75 Å². The highest BCUT2D eigenvalue weighted by molar-refractivity contribution is 7.89. The minimum atomic E-state index is -3.66. The smallest absolute Gasteiger partial charge is 0.243 e. The summed E-state index contributed by atoms with van der Waals surface area (Å²) in [6, 6.07) is 4.64. The highest BCUT2D eigenvalue weighted by Crippen LogP contribution is 2.25. The Kier molecular flexibility index (Phi) is 4.33. The maximum absolute atomic E-state index is 12.5. The number of methoxy groups -OCH3 is 1. The minimum absolute atomic E-state index is 0.0887. The summed E-state index contributed by atoms with van der Waals surface area (Å²) in [4.78, 5) is 0.166. The zero-order valence-corrected chi connectivity index (χ0v) is 12.3. The number of piperidine rings is 1. The lowest BCUT2D eigenvalue weighted by molar-refractivity contribution is -0.0191. The van der Waals surface area contributed by atoms with Crippen molar-refractivity contribution in [2.24, 2.45) is 0 Å². The van der Waals surface area contributed by atoms with Crippen LogP contribution < -0.4 is 4.74 Å². The van der Waals surface area contributed by atoms with E-state index in [9.17, 15) is 18.6 Å². The molecule has 1 heterocycles. The van der Waals surface area contributed by atoms with Gasteiger partial charge in [0.05, 0.1) is 24.2 Å². The Bertz CT molecular complexity index is 586. The lowest BCUT2D eigenvalue weighted by Gasteiger charge is -2.32. The molecule has 7 heteroatoms. The molecule has 20 heavy (non-hydrogen) atoms. The van der Waals surface area contributed by atoms with Crippen molar-refractivity contribution in [2.45, 2.75) is 30.4 Å². The predicted octanol–water partition coefficient (Wildman–Crippen LogP) is 0.120. The standard InChI is InChI=1S/C13H19NO5S/c1-9-7-10(3-4-13(9)19-2)20(17,18)14-6-5-11(15)12(16)8-14/h3-4,7,11-12,15-16H,5-6,8H2,1-2H3/t11-,12-/m0/s1. The van der Waals surface area contributed by atoms with Crippen molar-refractivity contribution in [1.29, 1.82) is 0 Å². The summed E-state index contributed by atoms with van der Waals surface area (Å²) < 4.78 is 31.3. The second kappa shape index (κ2) is 5.69. The van der Waals surface area contributed by atoms with Crippen LogP contribution in [0.25, 0.3) is 0 Å². The van der Waals surface area contributed by atoms with Gasteiger partial charge in [0.25, 0.3) is 0 Å². The van der Waals surface area contributed by atoms with Crippen LogP contribution in [0.4, 0.5) is 0 Å². The van der Waals surface area contributed by atoms with Crippen LogP contribution in [0.3, 0.4) is 0 Å². The number of aryl methyl sites for hydroxylation is 1. The molecule has 0 bridgehead atoms. The highest BCUT2D eigenvalue weighted by atomic mass is 32.2. The van der Waals surface area contributed by atoms with Crippen LogP contribution in [0, 0.1) is 6.92 Å². The Balaban J connectivity index is 2.29. The molecule has 0 saturated carbocycles. The molecule has 1 aliphatic rings. The van der Waals surface area contributed by atoms with Crippen LogP contribution >= 0.6 is 0 Å². The molecule has 112 valence electrons. The van der Waals surface area contributed by atoms with Crippen LogP contribution in [0.1, 0.15) is 12.0 Å². The summed E-state index contributed by atoms with van der Waals surface area (Å²) in [6.45, 7) is 1.88. The first kappa shape index (κ1) is 15.2. The molecule has 0 aromatic heterocycles. The normalized spacial score (nSPS) is 24.6. The van der Waals surface area contributed by atoms with E-state index in [2.05, 4.69) is 0 Å². The number of sulfonamides is 1. The summed E-state index contributed by atoms with van der Waals surface area (Å²) in [6.07, 6.45) is -1.67. The van der Waals surface area contributed by atoms with Gasteiger partial charge in [0.15, 0.2) is 0 Å². The first-order chi connectivity index (χ1) is 9.36. The van der Waals surface area contributed by atoms with Crippen LogP contribution in [0.15, 0.2) is 23.1 Å². The van der Waals surface area contributed by atoms with E-state index in [0.717, 1.165) is 5.56 Å². The van der Waals surface area contributed by atoms with Crippen LogP contribution in [0.2, 0.25) is 0 Å². The zero-order valence-electron chi connectivity index (χ0n) is 11.5. The van der Waals surface area contributed by atoms with Crippen LogP contribution in [-0.2, 0) is 10.0 Å². The van der Waals surface area contributed by atoms with Gasteiger partial charge >= 0.3 is 0 Å². The Morgan fingerprint density at radius 1 is 1.30 bits per heavy atom. The third kappa shape index (κ3) is 2.80. The van der Waals surface area contributed by atoms with E-state index in [1.54, 1.807) is 19.1 Å². The monoisotopic (exact) mass is 301 g/mol. The van der Waals surface area contributed by atoms with Crippen molar-refractivity contribution in [2.75, 3.05) is 20.2 Å². The molecule has 2 N–H and O–H groups in total. The average Bonchev–Trinajstić information content (AvgIpc) is 2.41. The van der Waals surface area contributed by atoms with Crippen molar-refractivity contribution in [3.8, 4) is 5.75 Å². The number of benzene rings is 1. The fourth-order valence-electron chi connectivity index (χ4n) is 2.27. The second-order valence-electron chi connectivity index (χ2n) is 4.92. The zero-order chi connectivity index (χ0) is 14.9. The van der Waals surface area contributed by atoms with Crippen molar-refractivity contribution in [3.05, 3.63) is 23.8 Å². The number of aliphatic hydroxyl groups excluding tert-OH is 2. The van der Waals surface area contributed by atoms with Gasteiger partial charge in [0.1, 0.15) is 5.75 Å². The van der Waals surface area contributed by atoms with E-state index < -0.39 is 22.2 Å². The van der Waals surface area contributed by atoms with Crippen molar-refractivity contribution in [3.63, 3.8) is 0 Å². The summed E-state index contributed by atoms with van der Waals surface area (Å²) in [5.74, 6) is 0.623. The molecule has 1 fully saturated rings. The van der Waals surface area contributed by atoms with Gasteiger partial charge in [-0.05, 0) is 37.1 Å². The average molecular weight is 301 g/mol. The molecule has 0 spiro atoms. The molecule has 2 rings (SSSR count). The maximum Gasteiger partial charge on any atom is 0.243 e. The fraction of sp³-hybridized carbons (Fsp3) is 0.538. The lowest BCUT2D eigenvalue weighted by Crippen LogP contribution is -2.48. The molecule has 0 radical (unpaired) electrons. The van der Waals surface area contributed by atoms with Crippen LogP contribution in [-0.4, -0.2) is 55.3 Å². The Hall–Kier alpha value is -1.15. The maximum atomic E-state index is 12.5. The summed E-state index contributed by atoms with van der Waals surface area (Å²) in [5, 5.41) is 19.1. The van der Waals surface area contributed by atoms with Gasteiger partial charge in [-0.3, -0.25) is 0 Å². The van der Waals surface area contributed by atoms with E-state index >= 15 is 0 Å². The molecule has 0 amide bonds. The van der Waals surface area contributed by atoms with Gasteiger partial charge in [-0.1, -0.05) is 0 Å². The van der Waals surface area contributed by atoms with E-state index in [1.807, 2.05) is 0 Å². The molecule has 1 aromatic rings. The molecule has 1 aliphatic heterocycles. The second-order valence-corrected chi connectivity index (χ2v) is 6.86. The molecule has 2 atom stereocenters. The lowest BCUT2D eigenvalue weighted by atomic mass is 10.1. The molecular formula is C13H19NO5S. The molecule has 0 aliphatic carbocycles. The Labute approximate surface area is 118 Å². The van der Waals surface area contributed by atoms with Crippen molar-refractivity contribution in [1.82, 2.24) is 4.31 Å². The number of aliphatic hydroxyl groups is 2. The van der Waals surface area contributed by atoms with Gasteiger partial charge in [0, 0.05) is 13.1 Å². The van der Waals surface area contributed by atoms with E-state index in [-0.39, 0.29) is 24.4 Å². The molecule has 0 unspecified atom stereocenters. The number of β-amino-alcohol motifs (C(OH)–C–C–N with tert-alkyl or cyclic N) is 1.